The number of hydrogen-bond donors (Lipinski definition) is 2. The Morgan fingerprint density at radius 2 is 1.79 bits per heavy atom. The first-order valence-electron chi connectivity index (χ1n) is 9.73. The first-order valence-corrected chi connectivity index (χ1v) is 9.73. The summed E-state index contributed by atoms with van der Waals surface area (Å²) >= 11 is 0. The van der Waals surface area contributed by atoms with Crippen molar-refractivity contribution in [3.8, 4) is 11.4 Å². The van der Waals surface area contributed by atoms with Crippen LogP contribution in [0.2, 0.25) is 0 Å². The van der Waals surface area contributed by atoms with Crippen molar-refractivity contribution in [1.82, 2.24) is 9.97 Å². The maximum Gasteiger partial charge on any atom is 0.248 e. The van der Waals surface area contributed by atoms with E-state index in [4.69, 9.17) is 0 Å². The molecule has 0 bridgehead atoms. The monoisotopic (exact) mass is 381 g/mol. The molecule has 2 N–H and O–H groups in total. The third-order valence-electron chi connectivity index (χ3n) is 4.82. The Kier molecular flexibility index (Phi) is 5.25. The number of carbonyl (C=O) groups is 1. The van der Waals surface area contributed by atoms with Crippen LogP contribution in [0.25, 0.3) is 28.5 Å². The summed E-state index contributed by atoms with van der Waals surface area (Å²) in [5.41, 5.74) is 5.85. The van der Waals surface area contributed by atoms with Crippen LogP contribution < -0.4 is 5.32 Å². The van der Waals surface area contributed by atoms with E-state index in [1.165, 1.54) is 5.56 Å². The van der Waals surface area contributed by atoms with Gasteiger partial charge in [0.1, 0.15) is 5.82 Å². The first-order chi connectivity index (χ1) is 14.1. The maximum atomic E-state index is 12.3. The van der Waals surface area contributed by atoms with Crippen molar-refractivity contribution < 1.29 is 4.79 Å². The lowest BCUT2D eigenvalue weighted by Crippen LogP contribution is -2.07. The smallest absolute Gasteiger partial charge is 0.248 e. The van der Waals surface area contributed by atoms with E-state index in [1.54, 1.807) is 6.08 Å². The molecule has 0 fully saturated rings. The van der Waals surface area contributed by atoms with Crippen LogP contribution in [0.4, 0.5) is 5.69 Å². The van der Waals surface area contributed by atoms with Crippen molar-refractivity contribution >= 4 is 28.7 Å². The number of rotatable bonds is 5. The summed E-state index contributed by atoms with van der Waals surface area (Å²) in [4.78, 5) is 20.3. The predicted octanol–water partition coefficient (Wildman–Crippen LogP) is 6.01. The Balaban J connectivity index is 1.46. The Bertz CT molecular complexity index is 1140. The van der Waals surface area contributed by atoms with E-state index < -0.39 is 0 Å². The minimum absolute atomic E-state index is 0.167. The van der Waals surface area contributed by atoms with Gasteiger partial charge in [-0.3, -0.25) is 4.79 Å². The van der Waals surface area contributed by atoms with Crippen LogP contribution in [0, 0.1) is 0 Å². The van der Waals surface area contributed by atoms with Gasteiger partial charge >= 0.3 is 0 Å². The summed E-state index contributed by atoms with van der Waals surface area (Å²) in [5, 5.41) is 2.92. The molecule has 0 aliphatic rings. The van der Waals surface area contributed by atoms with Crippen molar-refractivity contribution in [3.63, 3.8) is 0 Å². The molecule has 29 heavy (non-hydrogen) atoms. The van der Waals surface area contributed by atoms with Crippen LogP contribution in [0.3, 0.4) is 0 Å². The second kappa shape index (κ2) is 8.15. The number of aromatic amines is 1. The summed E-state index contributed by atoms with van der Waals surface area (Å²) in [6.45, 7) is 4.33. The Hall–Kier alpha value is -3.66. The van der Waals surface area contributed by atoms with Crippen LogP contribution in [-0.2, 0) is 4.79 Å². The topological polar surface area (TPSA) is 57.8 Å². The number of benzene rings is 3. The standard InChI is InChI=1S/C25H23N3O/c1-17(2)19-13-10-18(11-14-19)12-15-24(29)26-21-7-5-6-20(16-21)25-27-22-8-3-4-9-23(22)28-25/h3-17H,1-2H3,(H,26,29)(H,27,28)/b15-12+. The minimum Gasteiger partial charge on any atom is -0.338 e. The second-order valence-electron chi connectivity index (χ2n) is 7.33. The highest BCUT2D eigenvalue weighted by Gasteiger charge is 2.06. The Labute approximate surface area is 170 Å². The zero-order valence-electron chi connectivity index (χ0n) is 16.5. The molecule has 0 atom stereocenters. The summed E-state index contributed by atoms with van der Waals surface area (Å²) in [6, 6.07) is 23.8. The fourth-order valence-electron chi connectivity index (χ4n) is 3.18. The summed E-state index contributed by atoms with van der Waals surface area (Å²) in [6.07, 6.45) is 3.38. The van der Waals surface area contributed by atoms with Gasteiger partial charge in [0.25, 0.3) is 0 Å². The number of H-pyrrole nitrogens is 1. The molecule has 3 aromatic carbocycles. The van der Waals surface area contributed by atoms with Gasteiger partial charge in [-0.1, -0.05) is 62.4 Å². The largest absolute Gasteiger partial charge is 0.338 e. The first kappa shape index (κ1) is 18.7. The fraction of sp³-hybridized carbons (Fsp3) is 0.120. The van der Waals surface area contributed by atoms with E-state index in [0.717, 1.165) is 33.7 Å². The number of anilines is 1. The average molecular weight is 381 g/mol. The molecule has 0 saturated heterocycles. The van der Waals surface area contributed by atoms with Crippen molar-refractivity contribution in [2.75, 3.05) is 5.32 Å². The van der Waals surface area contributed by atoms with Crippen LogP contribution in [0.15, 0.2) is 78.9 Å². The Morgan fingerprint density at radius 1 is 1.00 bits per heavy atom. The van der Waals surface area contributed by atoms with Gasteiger partial charge in [0, 0.05) is 17.3 Å². The molecule has 144 valence electrons. The number of fused-ring (bicyclic) bond motifs is 1. The predicted molar refractivity (Wildman–Crippen MR) is 120 cm³/mol. The maximum absolute atomic E-state index is 12.3. The van der Waals surface area contributed by atoms with Crippen molar-refractivity contribution in [2.24, 2.45) is 0 Å². The lowest BCUT2D eigenvalue weighted by atomic mass is 10.0. The van der Waals surface area contributed by atoms with Crippen LogP contribution >= 0.6 is 0 Å². The molecule has 4 rings (SSSR count). The highest BCUT2D eigenvalue weighted by Crippen LogP contribution is 2.23. The van der Waals surface area contributed by atoms with E-state index in [-0.39, 0.29) is 5.91 Å². The van der Waals surface area contributed by atoms with Crippen LogP contribution in [0.1, 0.15) is 30.9 Å². The van der Waals surface area contributed by atoms with Gasteiger partial charge in [-0.15, -0.1) is 0 Å². The molecule has 0 aliphatic heterocycles. The fourth-order valence-corrected chi connectivity index (χ4v) is 3.18. The number of hydrogen-bond acceptors (Lipinski definition) is 2. The van der Waals surface area contributed by atoms with Crippen LogP contribution in [-0.4, -0.2) is 15.9 Å². The van der Waals surface area contributed by atoms with Gasteiger partial charge in [-0.25, -0.2) is 4.98 Å². The average Bonchev–Trinajstić information content (AvgIpc) is 3.17. The number of carbonyl (C=O) groups excluding carboxylic acids is 1. The molecule has 4 heteroatoms. The molecule has 1 aromatic heterocycles. The van der Waals surface area contributed by atoms with E-state index in [1.807, 2.05) is 66.7 Å². The van der Waals surface area contributed by atoms with Gasteiger partial charge in [0.2, 0.25) is 5.91 Å². The van der Waals surface area contributed by atoms with Crippen LogP contribution in [0.5, 0.6) is 0 Å². The third kappa shape index (κ3) is 4.43. The van der Waals surface area contributed by atoms with Gasteiger partial charge in [0.05, 0.1) is 11.0 Å². The van der Waals surface area contributed by atoms with Gasteiger partial charge in [0.15, 0.2) is 0 Å². The highest BCUT2D eigenvalue weighted by atomic mass is 16.1. The van der Waals surface area contributed by atoms with E-state index >= 15 is 0 Å². The molecule has 0 saturated carbocycles. The molecular weight excluding hydrogens is 358 g/mol. The van der Waals surface area contributed by atoms with Gasteiger partial charge in [-0.2, -0.15) is 0 Å². The van der Waals surface area contributed by atoms with E-state index in [0.29, 0.717) is 5.92 Å². The lowest BCUT2D eigenvalue weighted by molar-refractivity contribution is -0.111. The number of para-hydroxylation sites is 2. The number of nitrogens with zero attached hydrogens (tertiary/aromatic N) is 1. The molecule has 1 heterocycles. The molecule has 0 spiro atoms. The molecular formula is C25H23N3O. The molecule has 0 aliphatic carbocycles. The molecule has 1 amide bonds. The van der Waals surface area contributed by atoms with Crippen molar-refractivity contribution in [3.05, 3.63) is 90.0 Å². The molecule has 4 nitrogen and oxygen atoms in total. The normalized spacial score (nSPS) is 11.4. The summed E-state index contributed by atoms with van der Waals surface area (Å²) < 4.78 is 0. The van der Waals surface area contributed by atoms with Gasteiger partial charge < -0.3 is 10.3 Å². The van der Waals surface area contributed by atoms with E-state index in [9.17, 15) is 4.79 Å². The molecule has 0 unspecified atom stereocenters. The molecule has 0 radical (unpaired) electrons. The third-order valence-corrected chi connectivity index (χ3v) is 4.82. The van der Waals surface area contributed by atoms with Crippen molar-refractivity contribution in [1.29, 1.82) is 0 Å². The number of nitrogens with one attached hydrogen (secondary N) is 2. The lowest BCUT2D eigenvalue weighted by Gasteiger charge is -2.05. The highest BCUT2D eigenvalue weighted by molar-refractivity contribution is 6.02. The quantitative estimate of drug-likeness (QED) is 0.416. The minimum atomic E-state index is -0.167. The van der Waals surface area contributed by atoms with Gasteiger partial charge in [-0.05, 0) is 47.4 Å². The zero-order chi connectivity index (χ0) is 20.2. The number of amides is 1. The van der Waals surface area contributed by atoms with Crippen molar-refractivity contribution in [2.45, 2.75) is 19.8 Å². The second-order valence-corrected chi connectivity index (χ2v) is 7.33. The number of aromatic nitrogens is 2. The SMILES string of the molecule is CC(C)c1ccc(/C=C/C(=O)Nc2cccc(-c3nc4ccccc4[nH]3)c2)cc1. The number of imidazole rings is 1. The molecule has 4 aromatic rings. The Morgan fingerprint density at radius 3 is 2.55 bits per heavy atom. The summed E-state index contributed by atoms with van der Waals surface area (Å²) in [7, 11) is 0. The summed E-state index contributed by atoms with van der Waals surface area (Å²) in [5.74, 6) is 1.11. The zero-order valence-corrected chi connectivity index (χ0v) is 16.5. The van der Waals surface area contributed by atoms with E-state index in [2.05, 4.69) is 41.3 Å².